The monoisotopic (exact) mass is 280 g/mol. The van der Waals surface area contributed by atoms with Gasteiger partial charge in [-0.25, -0.2) is 0 Å². The molecule has 5 atom stereocenters. The molecule has 1 heterocycles. The van der Waals surface area contributed by atoms with E-state index in [2.05, 4.69) is 37.9 Å². The Morgan fingerprint density at radius 1 is 1.10 bits per heavy atom. The number of nitrogens with zero attached hydrogens (tertiary/aromatic N) is 1. The lowest BCUT2D eigenvalue weighted by molar-refractivity contribution is 0.0682. The van der Waals surface area contributed by atoms with E-state index in [1.165, 1.54) is 58.2 Å². The molecular formula is C18H36N2. The van der Waals surface area contributed by atoms with Crippen LogP contribution in [0.1, 0.15) is 66.2 Å². The van der Waals surface area contributed by atoms with Gasteiger partial charge in [0.2, 0.25) is 0 Å². The van der Waals surface area contributed by atoms with Gasteiger partial charge in [-0.3, -0.25) is 0 Å². The molecule has 2 fully saturated rings. The minimum Gasteiger partial charge on any atom is -0.314 e. The normalized spacial score (nSPS) is 39.9. The molecule has 2 rings (SSSR count). The first kappa shape index (κ1) is 16.3. The quantitative estimate of drug-likeness (QED) is 0.821. The van der Waals surface area contributed by atoms with Crippen LogP contribution >= 0.6 is 0 Å². The summed E-state index contributed by atoms with van der Waals surface area (Å²) in [5.41, 5.74) is 0. The van der Waals surface area contributed by atoms with Crippen LogP contribution in [-0.4, -0.2) is 36.6 Å². The second-order valence-electron chi connectivity index (χ2n) is 7.62. The Morgan fingerprint density at radius 2 is 1.90 bits per heavy atom. The second kappa shape index (κ2) is 7.79. The second-order valence-corrected chi connectivity index (χ2v) is 7.62. The summed E-state index contributed by atoms with van der Waals surface area (Å²) < 4.78 is 0. The van der Waals surface area contributed by atoms with Crippen molar-refractivity contribution in [2.45, 2.75) is 78.3 Å². The molecule has 1 aliphatic heterocycles. The zero-order chi connectivity index (χ0) is 14.5. The van der Waals surface area contributed by atoms with Crippen molar-refractivity contribution in [3.63, 3.8) is 0 Å². The fourth-order valence-corrected chi connectivity index (χ4v) is 4.48. The molecule has 2 heteroatoms. The molecule has 0 amide bonds. The van der Waals surface area contributed by atoms with E-state index in [9.17, 15) is 0 Å². The molecule has 0 aromatic carbocycles. The van der Waals surface area contributed by atoms with Crippen molar-refractivity contribution in [1.29, 1.82) is 0 Å². The molecular weight excluding hydrogens is 244 g/mol. The van der Waals surface area contributed by atoms with Crippen molar-refractivity contribution in [3.8, 4) is 0 Å². The number of hydrogen-bond donors (Lipinski definition) is 1. The number of piperidine rings is 1. The van der Waals surface area contributed by atoms with E-state index in [1.54, 1.807) is 0 Å². The lowest BCUT2D eigenvalue weighted by Crippen LogP contribution is -2.51. The lowest BCUT2D eigenvalue weighted by atomic mass is 9.72. The summed E-state index contributed by atoms with van der Waals surface area (Å²) in [6, 6.07) is 1.56. The number of rotatable bonds is 5. The first-order valence-corrected chi connectivity index (χ1v) is 9.09. The van der Waals surface area contributed by atoms with E-state index in [0.717, 1.165) is 29.8 Å². The predicted molar refractivity (Wildman–Crippen MR) is 88.0 cm³/mol. The van der Waals surface area contributed by atoms with Crippen LogP contribution in [0.2, 0.25) is 0 Å². The summed E-state index contributed by atoms with van der Waals surface area (Å²) in [5.74, 6) is 2.63. The van der Waals surface area contributed by atoms with Crippen molar-refractivity contribution in [2.24, 2.45) is 17.8 Å². The SMILES string of the molecule is CCCNC1CC(C)CC(C)C1CN1CCCCC1C. The van der Waals surface area contributed by atoms with E-state index < -0.39 is 0 Å². The van der Waals surface area contributed by atoms with Crippen molar-refractivity contribution in [1.82, 2.24) is 10.2 Å². The highest BCUT2D eigenvalue weighted by Gasteiger charge is 2.35. The molecule has 2 aliphatic rings. The standard InChI is InChI=1S/C18H36N2/c1-5-9-19-18-12-14(2)11-15(3)17(18)13-20-10-7-6-8-16(20)4/h14-19H,5-13H2,1-4H3. The third-order valence-electron chi connectivity index (χ3n) is 5.72. The fourth-order valence-electron chi connectivity index (χ4n) is 4.48. The highest BCUT2D eigenvalue weighted by Crippen LogP contribution is 2.35. The largest absolute Gasteiger partial charge is 0.314 e. The minimum atomic E-state index is 0.753. The molecule has 1 N–H and O–H groups in total. The van der Waals surface area contributed by atoms with E-state index >= 15 is 0 Å². The summed E-state index contributed by atoms with van der Waals surface area (Å²) in [4.78, 5) is 2.78. The topological polar surface area (TPSA) is 15.3 Å². The number of hydrogen-bond acceptors (Lipinski definition) is 2. The summed E-state index contributed by atoms with van der Waals surface area (Å²) in [6.07, 6.45) is 8.33. The molecule has 0 aromatic heterocycles. The van der Waals surface area contributed by atoms with Gasteiger partial charge in [0.05, 0.1) is 0 Å². The van der Waals surface area contributed by atoms with Crippen LogP contribution in [0.5, 0.6) is 0 Å². The van der Waals surface area contributed by atoms with Gasteiger partial charge in [-0.1, -0.05) is 27.2 Å². The zero-order valence-corrected chi connectivity index (χ0v) is 14.2. The van der Waals surface area contributed by atoms with E-state index in [-0.39, 0.29) is 0 Å². The van der Waals surface area contributed by atoms with Crippen molar-refractivity contribution >= 4 is 0 Å². The van der Waals surface area contributed by atoms with Crippen LogP contribution in [0.25, 0.3) is 0 Å². The summed E-state index contributed by atoms with van der Waals surface area (Å²) >= 11 is 0. The summed E-state index contributed by atoms with van der Waals surface area (Å²) in [7, 11) is 0. The van der Waals surface area contributed by atoms with Gasteiger partial charge in [-0.2, -0.15) is 0 Å². The van der Waals surface area contributed by atoms with Crippen LogP contribution in [0.4, 0.5) is 0 Å². The van der Waals surface area contributed by atoms with Gasteiger partial charge in [-0.15, -0.1) is 0 Å². The molecule has 0 radical (unpaired) electrons. The first-order chi connectivity index (χ1) is 9.61. The molecule has 0 aromatic rings. The third kappa shape index (κ3) is 4.21. The van der Waals surface area contributed by atoms with Crippen LogP contribution in [0.15, 0.2) is 0 Å². The highest BCUT2D eigenvalue weighted by molar-refractivity contribution is 4.90. The Bertz CT molecular complexity index is 279. The van der Waals surface area contributed by atoms with Gasteiger partial charge in [0.1, 0.15) is 0 Å². The van der Waals surface area contributed by atoms with Crippen molar-refractivity contribution in [3.05, 3.63) is 0 Å². The van der Waals surface area contributed by atoms with Gasteiger partial charge in [0.15, 0.2) is 0 Å². The molecule has 0 bridgehead atoms. The molecule has 20 heavy (non-hydrogen) atoms. The molecule has 1 aliphatic carbocycles. The van der Waals surface area contributed by atoms with Gasteiger partial charge >= 0.3 is 0 Å². The Labute approximate surface area is 126 Å². The van der Waals surface area contributed by atoms with Gasteiger partial charge in [-0.05, 0) is 69.9 Å². The summed E-state index contributed by atoms with van der Waals surface area (Å²) in [6.45, 7) is 13.5. The maximum absolute atomic E-state index is 3.86. The van der Waals surface area contributed by atoms with E-state index in [0.29, 0.717) is 0 Å². The van der Waals surface area contributed by atoms with Crippen LogP contribution in [-0.2, 0) is 0 Å². The smallest absolute Gasteiger partial charge is 0.0113 e. The van der Waals surface area contributed by atoms with Crippen molar-refractivity contribution in [2.75, 3.05) is 19.6 Å². The maximum Gasteiger partial charge on any atom is 0.0113 e. The van der Waals surface area contributed by atoms with Crippen LogP contribution in [0, 0.1) is 17.8 Å². The lowest BCUT2D eigenvalue weighted by Gasteiger charge is -2.44. The molecule has 1 saturated carbocycles. The van der Waals surface area contributed by atoms with Gasteiger partial charge in [0.25, 0.3) is 0 Å². The molecule has 1 saturated heterocycles. The van der Waals surface area contributed by atoms with Crippen LogP contribution < -0.4 is 5.32 Å². The predicted octanol–water partition coefficient (Wildman–Crippen LogP) is 3.91. The van der Waals surface area contributed by atoms with Crippen LogP contribution in [0.3, 0.4) is 0 Å². The summed E-state index contributed by atoms with van der Waals surface area (Å²) in [5, 5.41) is 3.86. The van der Waals surface area contributed by atoms with Gasteiger partial charge in [0, 0.05) is 18.6 Å². The van der Waals surface area contributed by atoms with E-state index in [4.69, 9.17) is 0 Å². The van der Waals surface area contributed by atoms with Crippen molar-refractivity contribution < 1.29 is 0 Å². The average molecular weight is 280 g/mol. The Hall–Kier alpha value is -0.0800. The zero-order valence-electron chi connectivity index (χ0n) is 14.2. The Morgan fingerprint density at radius 3 is 2.60 bits per heavy atom. The maximum atomic E-state index is 3.86. The van der Waals surface area contributed by atoms with E-state index in [1.807, 2.05) is 0 Å². The Kier molecular flexibility index (Phi) is 6.35. The fraction of sp³-hybridized carbons (Fsp3) is 1.00. The number of nitrogens with one attached hydrogen (secondary N) is 1. The van der Waals surface area contributed by atoms with Gasteiger partial charge < -0.3 is 10.2 Å². The molecule has 118 valence electrons. The third-order valence-corrected chi connectivity index (χ3v) is 5.72. The number of likely N-dealkylation sites (tertiary alicyclic amines) is 1. The first-order valence-electron chi connectivity index (χ1n) is 9.09. The minimum absolute atomic E-state index is 0.753. The molecule has 0 spiro atoms. The average Bonchev–Trinajstić information content (AvgIpc) is 2.41. The molecule has 2 nitrogen and oxygen atoms in total. The molecule has 5 unspecified atom stereocenters. The Balaban J connectivity index is 1.96. The highest BCUT2D eigenvalue weighted by atomic mass is 15.2.